The van der Waals surface area contributed by atoms with E-state index >= 15 is 0 Å². The van der Waals surface area contributed by atoms with Gasteiger partial charge in [-0.2, -0.15) is 5.10 Å². The predicted octanol–water partition coefficient (Wildman–Crippen LogP) is 5.34. The molecule has 3 aromatic rings. The van der Waals surface area contributed by atoms with Gasteiger partial charge in [0, 0.05) is 11.1 Å². The molecule has 0 radical (unpaired) electrons. The lowest BCUT2D eigenvalue weighted by Crippen LogP contribution is -2.17. The minimum Gasteiger partial charge on any atom is -0.497 e. The molecule has 3 aromatic carbocycles. The molecule has 1 amide bonds. The molecule has 0 atom stereocenters. The van der Waals surface area contributed by atoms with Gasteiger partial charge in [-0.1, -0.05) is 18.2 Å². The van der Waals surface area contributed by atoms with Gasteiger partial charge in [-0.05, 0) is 70.9 Å². The van der Waals surface area contributed by atoms with Crippen molar-refractivity contribution in [2.24, 2.45) is 5.10 Å². The zero-order valence-electron chi connectivity index (χ0n) is 17.6. The highest BCUT2D eigenvalue weighted by atomic mass is 79.9. The molecule has 8 heteroatoms. The number of carbonyl (C=O) groups excluding carboxylic acids is 1. The largest absolute Gasteiger partial charge is 0.497 e. The summed E-state index contributed by atoms with van der Waals surface area (Å²) >= 11 is 3.47. The van der Waals surface area contributed by atoms with Crippen LogP contribution >= 0.6 is 15.9 Å². The minimum absolute atomic E-state index is 0.0523. The number of nitrogens with zero attached hydrogens (tertiary/aromatic N) is 1. The number of hydrogen-bond donors (Lipinski definition) is 1. The highest BCUT2D eigenvalue weighted by Gasteiger charge is 2.13. The van der Waals surface area contributed by atoms with Crippen LogP contribution in [0.15, 0.2) is 70.2 Å². The molecule has 0 saturated heterocycles. The summed E-state index contributed by atoms with van der Waals surface area (Å²) in [6.45, 7) is 2.32. The third-order valence-corrected chi connectivity index (χ3v) is 4.98. The molecule has 166 valence electrons. The van der Waals surface area contributed by atoms with Crippen LogP contribution in [0.3, 0.4) is 0 Å². The third kappa shape index (κ3) is 6.07. The van der Waals surface area contributed by atoms with Gasteiger partial charge in [-0.3, -0.25) is 4.79 Å². The van der Waals surface area contributed by atoms with Crippen LogP contribution < -0.4 is 19.6 Å². The lowest BCUT2D eigenvalue weighted by atomic mass is 10.2. The molecular formula is C24H22BrFN2O4. The SMILES string of the molecule is CCOc1cc(/C=N\NC(=O)c2ccc(OC)cc2)cc(Br)c1OCc1ccccc1F. The van der Waals surface area contributed by atoms with E-state index < -0.39 is 0 Å². The Morgan fingerprint density at radius 2 is 1.88 bits per heavy atom. The van der Waals surface area contributed by atoms with E-state index in [1.807, 2.05) is 6.92 Å². The number of halogens is 2. The number of nitrogens with one attached hydrogen (secondary N) is 1. The van der Waals surface area contributed by atoms with Crippen LogP contribution in [0.1, 0.15) is 28.4 Å². The summed E-state index contributed by atoms with van der Waals surface area (Å²) < 4.78 is 31.1. The maximum absolute atomic E-state index is 13.9. The second kappa shape index (κ2) is 11.3. The molecule has 32 heavy (non-hydrogen) atoms. The standard InChI is InChI=1S/C24H22BrFN2O4/c1-3-31-22-13-16(14-27-28-24(29)17-8-10-19(30-2)11-9-17)12-20(25)23(22)32-15-18-6-4-5-7-21(18)26/h4-14H,3,15H2,1-2H3,(H,28,29)/b27-14-. The van der Waals surface area contributed by atoms with E-state index in [9.17, 15) is 9.18 Å². The van der Waals surface area contributed by atoms with E-state index in [0.29, 0.717) is 45.0 Å². The van der Waals surface area contributed by atoms with Crippen LogP contribution in [-0.4, -0.2) is 25.8 Å². The van der Waals surface area contributed by atoms with E-state index in [1.54, 1.807) is 61.7 Å². The van der Waals surface area contributed by atoms with E-state index in [2.05, 4.69) is 26.5 Å². The molecule has 0 bridgehead atoms. The molecule has 3 rings (SSSR count). The molecule has 0 aliphatic rings. The molecule has 0 fully saturated rings. The second-order valence-corrected chi connectivity index (χ2v) is 7.43. The number of hydrogen-bond acceptors (Lipinski definition) is 5. The Labute approximate surface area is 194 Å². The van der Waals surface area contributed by atoms with Gasteiger partial charge >= 0.3 is 0 Å². The summed E-state index contributed by atoms with van der Waals surface area (Å²) in [6, 6.07) is 16.6. The molecule has 0 heterocycles. The zero-order chi connectivity index (χ0) is 22.9. The summed E-state index contributed by atoms with van der Waals surface area (Å²) in [4.78, 5) is 12.2. The lowest BCUT2D eigenvalue weighted by Gasteiger charge is -2.15. The van der Waals surface area contributed by atoms with E-state index in [0.717, 1.165) is 0 Å². The van der Waals surface area contributed by atoms with Crippen molar-refractivity contribution in [2.45, 2.75) is 13.5 Å². The van der Waals surface area contributed by atoms with Gasteiger partial charge in [0.15, 0.2) is 11.5 Å². The van der Waals surface area contributed by atoms with Crippen molar-refractivity contribution in [1.82, 2.24) is 5.43 Å². The van der Waals surface area contributed by atoms with Gasteiger partial charge in [0.25, 0.3) is 5.91 Å². The van der Waals surface area contributed by atoms with Crippen LogP contribution in [0.5, 0.6) is 17.2 Å². The first-order valence-corrected chi connectivity index (χ1v) is 10.6. The highest BCUT2D eigenvalue weighted by Crippen LogP contribution is 2.37. The average molecular weight is 501 g/mol. The molecule has 1 N–H and O–H groups in total. The highest BCUT2D eigenvalue weighted by molar-refractivity contribution is 9.10. The molecule has 0 spiro atoms. The number of rotatable bonds is 9. The predicted molar refractivity (Wildman–Crippen MR) is 124 cm³/mol. The smallest absolute Gasteiger partial charge is 0.271 e. The van der Waals surface area contributed by atoms with Gasteiger partial charge in [-0.15, -0.1) is 0 Å². The van der Waals surface area contributed by atoms with Crippen molar-refractivity contribution in [1.29, 1.82) is 0 Å². The first kappa shape index (κ1) is 23.3. The number of hydrazone groups is 1. The number of amides is 1. The fraction of sp³-hybridized carbons (Fsp3) is 0.167. The Bertz CT molecular complexity index is 1100. The number of ether oxygens (including phenoxy) is 3. The van der Waals surface area contributed by atoms with Crippen molar-refractivity contribution in [3.63, 3.8) is 0 Å². The maximum atomic E-state index is 13.9. The van der Waals surface area contributed by atoms with Crippen molar-refractivity contribution in [3.05, 3.63) is 87.6 Å². The van der Waals surface area contributed by atoms with Crippen molar-refractivity contribution in [3.8, 4) is 17.2 Å². The van der Waals surface area contributed by atoms with E-state index in [1.165, 1.54) is 12.3 Å². The minimum atomic E-state index is -0.349. The fourth-order valence-corrected chi connectivity index (χ4v) is 3.38. The van der Waals surface area contributed by atoms with Crippen molar-refractivity contribution < 1.29 is 23.4 Å². The topological polar surface area (TPSA) is 69.2 Å². The third-order valence-electron chi connectivity index (χ3n) is 4.39. The second-order valence-electron chi connectivity index (χ2n) is 6.57. The van der Waals surface area contributed by atoms with E-state index in [-0.39, 0.29) is 18.3 Å². The van der Waals surface area contributed by atoms with Crippen LogP contribution in [-0.2, 0) is 6.61 Å². The van der Waals surface area contributed by atoms with Crippen LogP contribution in [0.2, 0.25) is 0 Å². The first-order chi connectivity index (χ1) is 15.5. The summed E-state index contributed by atoms with van der Waals surface area (Å²) in [5.74, 6) is 0.905. The Morgan fingerprint density at radius 3 is 2.56 bits per heavy atom. The van der Waals surface area contributed by atoms with Crippen molar-refractivity contribution >= 4 is 28.1 Å². The van der Waals surface area contributed by atoms with Crippen LogP contribution in [0, 0.1) is 5.82 Å². The van der Waals surface area contributed by atoms with Gasteiger partial charge in [0.1, 0.15) is 18.2 Å². The normalized spacial score (nSPS) is 10.8. The lowest BCUT2D eigenvalue weighted by molar-refractivity contribution is 0.0955. The zero-order valence-corrected chi connectivity index (χ0v) is 19.2. The van der Waals surface area contributed by atoms with Crippen molar-refractivity contribution in [2.75, 3.05) is 13.7 Å². The Balaban J connectivity index is 1.71. The summed E-state index contributed by atoms with van der Waals surface area (Å²) in [5.41, 5.74) is 4.05. The average Bonchev–Trinajstić information content (AvgIpc) is 2.80. The maximum Gasteiger partial charge on any atom is 0.271 e. The van der Waals surface area contributed by atoms with Gasteiger partial charge in [0.2, 0.25) is 0 Å². The number of methoxy groups -OCH3 is 1. The van der Waals surface area contributed by atoms with Crippen LogP contribution in [0.25, 0.3) is 0 Å². The van der Waals surface area contributed by atoms with Gasteiger partial charge < -0.3 is 14.2 Å². The Hall–Kier alpha value is -3.39. The summed E-state index contributed by atoms with van der Waals surface area (Å²) in [6.07, 6.45) is 1.50. The summed E-state index contributed by atoms with van der Waals surface area (Å²) in [5, 5.41) is 4.02. The summed E-state index contributed by atoms with van der Waals surface area (Å²) in [7, 11) is 1.56. The fourth-order valence-electron chi connectivity index (χ4n) is 2.80. The molecule has 0 aromatic heterocycles. The quantitative estimate of drug-likeness (QED) is 0.318. The monoisotopic (exact) mass is 500 g/mol. The number of benzene rings is 3. The Kier molecular flexibility index (Phi) is 8.21. The van der Waals surface area contributed by atoms with Crippen LogP contribution in [0.4, 0.5) is 4.39 Å². The molecule has 6 nitrogen and oxygen atoms in total. The molecule has 0 saturated carbocycles. The van der Waals surface area contributed by atoms with Gasteiger partial charge in [-0.25, -0.2) is 9.82 Å². The number of carbonyl (C=O) groups is 1. The molecule has 0 aliphatic carbocycles. The molecular weight excluding hydrogens is 479 g/mol. The molecule has 0 unspecified atom stereocenters. The first-order valence-electron chi connectivity index (χ1n) is 9.81. The molecule has 0 aliphatic heterocycles. The van der Waals surface area contributed by atoms with Gasteiger partial charge in [0.05, 0.1) is 24.4 Å². The Morgan fingerprint density at radius 1 is 1.12 bits per heavy atom. The van der Waals surface area contributed by atoms with E-state index in [4.69, 9.17) is 14.2 Å².